The maximum Gasteiger partial charge on any atom is 0.0235 e. The molecular formula is C14H17BrClN. The number of hydrogen-bond acceptors (Lipinski definition) is 1. The van der Waals surface area contributed by atoms with Gasteiger partial charge in [-0.15, -0.1) is 11.6 Å². The largest absolute Gasteiger partial charge is 0.302 e. The molecule has 2 fully saturated rings. The fraction of sp³-hybridized carbons (Fsp3) is 0.571. The SMILES string of the molecule is ClCCCN1C[C@@H]2C[C@@]2(c2ccc(Br)cc2)C1. The van der Waals surface area contributed by atoms with Crippen LogP contribution in [0.3, 0.4) is 0 Å². The van der Waals surface area contributed by atoms with Crippen LogP contribution in [0.5, 0.6) is 0 Å². The first kappa shape index (κ1) is 12.0. The van der Waals surface area contributed by atoms with E-state index in [0.717, 1.165) is 24.8 Å². The van der Waals surface area contributed by atoms with Gasteiger partial charge in [-0.25, -0.2) is 0 Å². The number of alkyl halides is 1. The summed E-state index contributed by atoms with van der Waals surface area (Å²) in [6, 6.07) is 8.91. The maximum absolute atomic E-state index is 5.76. The molecule has 1 saturated carbocycles. The molecule has 17 heavy (non-hydrogen) atoms. The van der Waals surface area contributed by atoms with Gasteiger partial charge in [-0.05, 0) is 43.0 Å². The monoisotopic (exact) mass is 313 g/mol. The van der Waals surface area contributed by atoms with Gasteiger partial charge in [0.05, 0.1) is 0 Å². The Bertz CT molecular complexity index is 405. The van der Waals surface area contributed by atoms with E-state index in [9.17, 15) is 0 Å². The summed E-state index contributed by atoms with van der Waals surface area (Å²) >= 11 is 9.27. The van der Waals surface area contributed by atoms with Gasteiger partial charge in [0.15, 0.2) is 0 Å². The van der Waals surface area contributed by atoms with Crippen LogP contribution in [0.1, 0.15) is 18.4 Å². The standard InChI is InChI=1S/C14H17BrClN/c15-13-4-2-11(3-5-13)14-8-12(14)9-17(10-14)7-1-6-16/h2-5,12H,1,6-10H2/t12-,14-/m0/s1. The van der Waals surface area contributed by atoms with Gasteiger partial charge in [-0.3, -0.25) is 0 Å². The van der Waals surface area contributed by atoms with Crippen LogP contribution in [0.25, 0.3) is 0 Å². The van der Waals surface area contributed by atoms with Crippen LogP contribution in [-0.4, -0.2) is 30.4 Å². The zero-order valence-corrected chi connectivity index (χ0v) is 12.2. The highest BCUT2D eigenvalue weighted by Gasteiger charge is 2.60. The van der Waals surface area contributed by atoms with E-state index in [0.29, 0.717) is 5.41 Å². The molecule has 3 rings (SSSR count). The van der Waals surface area contributed by atoms with Crippen LogP contribution >= 0.6 is 27.5 Å². The van der Waals surface area contributed by atoms with Crippen molar-refractivity contribution in [2.75, 3.05) is 25.5 Å². The molecular weight excluding hydrogens is 298 g/mol. The Labute approximate surface area is 116 Å². The van der Waals surface area contributed by atoms with Crippen molar-refractivity contribution in [3.8, 4) is 0 Å². The third-order valence-corrected chi connectivity index (χ3v) is 5.04. The lowest BCUT2D eigenvalue weighted by atomic mass is 9.95. The summed E-state index contributed by atoms with van der Waals surface area (Å²) in [5, 5.41) is 0. The van der Waals surface area contributed by atoms with Gasteiger partial charge in [0.25, 0.3) is 0 Å². The van der Waals surface area contributed by atoms with Crippen molar-refractivity contribution < 1.29 is 0 Å². The van der Waals surface area contributed by atoms with Crippen molar-refractivity contribution in [1.29, 1.82) is 0 Å². The molecule has 0 amide bonds. The second kappa shape index (κ2) is 4.56. The Morgan fingerprint density at radius 2 is 2.12 bits per heavy atom. The molecule has 0 spiro atoms. The summed E-state index contributed by atoms with van der Waals surface area (Å²) in [6.45, 7) is 3.67. The van der Waals surface area contributed by atoms with E-state index < -0.39 is 0 Å². The van der Waals surface area contributed by atoms with E-state index in [4.69, 9.17) is 11.6 Å². The molecule has 1 saturated heterocycles. The average molecular weight is 315 g/mol. The minimum atomic E-state index is 0.479. The Morgan fingerprint density at radius 3 is 2.82 bits per heavy atom. The lowest BCUT2D eigenvalue weighted by Gasteiger charge is -2.20. The topological polar surface area (TPSA) is 3.24 Å². The first-order valence-corrected chi connectivity index (χ1v) is 7.62. The lowest BCUT2D eigenvalue weighted by Crippen LogP contribution is -2.27. The number of halogens is 2. The molecule has 0 bridgehead atoms. The van der Waals surface area contributed by atoms with E-state index in [-0.39, 0.29) is 0 Å². The van der Waals surface area contributed by atoms with Crippen molar-refractivity contribution in [2.45, 2.75) is 18.3 Å². The predicted octanol–water partition coefficient (Wildman–Crippen LogP) is 3.65. The minimum absolute atomic E-state index is 0.479. The van der Waals surface area contributed by atoms with Crippen molar-refractivity contribution in [1.82, 2.24) is 4.90 Å². The maximum atomic E-state index is 5.76. The molecule has 92 valence electrons. The molecule has 1 aliphatic heterocycles. The van der Waals surface area contributed by atoms with Gasteiger partial charge >= 0.3 is 0 Å². The molecule has 1 aliphatic carbocycles. The lowest BCUT2D eigenvalue weighted by molar-refractivity contribution is 0.299. The first-order valence-electron chi connectivity index (χ1n) is 6.29. The van der Waals surface area contributed by atoms with Crippen LogP contribution in [0.2, 0.25) is 0 Å². The van der Waals surface area contributed by atoms with Crippen LogP contribution in [0.4, 0.5) is 0 Å². The Hall–Kier alpha value is -0.0500. The van der Waals surface area contributed by atoms with Gasteiger partial charge in [-0.2, -0.15) is 0 Å². The average Bonchev–Trinajstić information content (AvgIpc) is 2.91. The molecule has 3 heteroatoms. The minimum Gasteiger partial charge on any atom is -0.302 e. The van der Waals surface area contributed by atoms with Gasteiger partial charge in [-0.1, -0.05) is 28.1 Å². The van der Waals surface area contributed by atoms with Crippen molar-refractivity contribution in [3.05, 3.63) is 34.3 Å². The molecule has 0 unspecified atom stereocenters. The van der Waals surface area contributed by atoms with Crippen molar-refractivity contribution >= 4 is 27.5 Å². The van der Waals surface area contributed by atoms with Crippen LogP contribution < -0.4 is 0 Å². The first-order chi connectivity index (χ1) is 8.24. The Kier molecular flexibility index (Phi) is 3.22. The molecule has 2 aliphatic rings. The Morgan fingerprint density at radius 1 is 1.35 bits per heavy atom. The Balaban J connectivity index is 1.71. The highest BCUT2D eigenvalue weighted by molar-refractivity contribution is 9.10. The quantitative estimate of drug-likeness (QED) is 0.767. The highest BCUT2D eigenvalue weighted by atomic mass is 79.9. The highest BCUT2D eigenvalue weighted by Crippen LogP contribution is 2.58. The summed E-state index contributed by atoms with van der Waals surface area (Å²) < 4.78 is 1.17. The molecule has 0 radical (unpaired) electrons. The number of piperidine rings is 1. The smallest absolute Gasteiger partial charge is 0.0235 e. The van der Waals surface area contributed by atoms with E-state index in [1.165, 1.54) is 29.5 Å². The van der Waals surface area contributed by atoms with E-state index >= 15 is 0 Å². The van der Waals surface area contributed by atoms with Gasteiger partial charge < -0.3 is 4.90 Å². The second-order valence-corrected chi connectivity index (χ2v) is 6.64. The third-order valence-electron chi connectivity index (χ3n) is 4.24. The molecule has 1 nitrogen and oxygen atoms in total. The van der Waals surface area contributed by atoms with Gasteiger partial charge in [0, 0.05) is 28.9 Å². The zero-order chi connectivity index (χ0) is 11.9. The molecule has 1 heterocycles. The molecule has 2 atom stereocenters. The van der Waals surface area contributed by atoms with Crippen LogP contribution in [-0.2, 0) is 5.41 Å². The van der Waals surface area contributed by atoms with E-state index in [1.807, 2.05) is 0 Å². The summed E-state index contributed by atoms with van der Waals surface area (Å²) in [6.07, 6.45) is 2.50. The summed E-state index contributed by atoms with van der Waals surface area (Å²) in [5.41, 5.74) is 2.01. The third kappa shape index (κ3) is 2.16. The number of nitrogens with zero attached hydrogens (tertiary/aromatic N) is 1. The van der Waals surface area contributed by atoms with Crippen molar-refractivity contribution in [3.63, 3.8) is 0 Å². The van der Waals surface area contributed by atoms with Crippen LogP contribution in [0.15, 0.2) is 28.7 Å². The summed E-state index contributed by atoms with van der Waals surface area (Å²) in [5.74, 6) is 1.67. The van der Waals surface area contributed by atoms with Gasteiger partial charge in [0.1, 0.15) is 0 Å². The van der Waals surface area contributed by atoms with Gasteiger partial charge in [0.2, 0.25) is 0 Å². The summed E-state index contributed by atoms with van der Waals surface area (Å²) in [4.78, 5) is 2.58. The molecule has 1 aromatic carbocycles. The molecule has 1 aromatic rings. The number of hydrogen-bond donors (Lipinski definition) is 0. The fourth-order valence-corrected chi connectivity index (χ4v) is 3.65. The molecule has 0 aromatic heterocycles. The number of fused-ring (bicyclic) bond motifs is 1. The normalized spacial score (nSPS) is 31.5. The number of likely N-dealkylation sites (tertiary alicyclic amines) is 1. The van der Waals surface area contributed by atoms with Crippen molar-refractivity contribution in [2.24, 2.45) is 5.92 Å². The number of rotatable bonds is 4. The summed E-state index contributed by atoms with van der Waals surface area (Å²) in [7, 11) is 0. The molecule has 0 N–H and O–H groups in total. The van der Waals surface area contributed by atoms with E-state index in [1.54, 1.807) is 0 Å². The predicted molar refractivity (Wildman–Crippen MR) is 75.7 cm³/mol. The zero-order valence-electron chi connectivity index (χ0n) is 9.83. The number of benzene rings is 1. The fourth-order valence-electron chi connectivity index (χ4n) is 3.27. The van der Waals surface area contributed by atoms with Crippen LogP contribution in [0, 0.1) is 5.92 Å². The second-order valence-electron chi connectivity index (χ2n) is 5.34. The van der Waals surface area contributed by atoms with E-state index in [2.05, 4.69) is 45.1 Å².